The molecule has 2 saturated carbocycles. The average molecular weight is 459 g/mol. The number of hydrogen-bond donors (Lipinski definition) is 5. The number of phenols is 1. The summed E-state index contributed by atoms with van der Waals surface area (Å²) in [5.74, 6) is -12.8. The fraction of sp³-hybridized carbons (Fsp3) is 0.500. The van der Waals surface area contributed by atoms with Gasteiger partial charge in [0.05, 0.1) is 35.2 Å². The number of ketones is 4. The SMILES string of the molecule is Cc1cc2c(c(O)c1N)C(=O)C1C(=O)[C@]3(O)C(=O)C(C(N)=O)C(=O)[C@@H](N(C)C)[C@@H]3[C@@H](O)[C@@H]1C2. The van der Waals surface area contributed by atoms with Crippen molar-refractivity contribution in [2.45, 2.75) is 31.1 Å². The number of anilines is 1. The molecule has 7 atom stereocenters. The number of nitrogen functional groups attached to an aromatic ring is 1. The Balaban J connectivity index is 1.94. The van der Waals surface area contributed by atoms with Crippen molar-refractivity contribution in [3.63, 3.8) is 0 Å². The molecule has 0 radical (unpaired) electrons. The summed E-state index contributed by atoms with van der Waals surface area (Å²) in [5.41, 5.74) is 8.66. The first-order chi connectivity index (χ1) is 15.3. The molecule has 0 aromatic heterocycles. The van der Waals surface area contributed by atoms with Crippen LogP contribution >= 0.6 is 0 Å². The van der Waals surface area contributed by atoms with E-state index >= 15 is 0 Å². The maximum absolute atomic E-state index is 13.6. The fourth-order valence-corrected chi connectivity index (χ4v) is 5.83. The molecule has 0 aliphatic heterocycles. The van der Waals surface area contributed by atoms with Crippen LogP contribution in [0.5, 0.6) is 5.75 Å². The van der Waals surface area contributed by atoms with Crippen molar-refractivity contribution in [2.24, 2.45) is 29.4 Å². The van der Waals surface area contributed by atoms with E-state index in [2.05, 4.69) is 0 Å². The quantitative estimate of drug-likeness (QED) is 0.182. The molecule has 3 aliphatic carbocycles. The summed E-state index contributed by atoms with van der Waals surface area (Å²) in [6, 6.07) is 0.184. The molecule has 1 aromatic rings. The number of likely N-dealkylation sites (N-methyl/N-ethyl adjacent to an activating group) is 1. The summed E-state index contributed by atoms with van der Waals surface area (Å²) in [6.07, 6.45) is -1.68. The number of hydrogen-bond acceptors (Lipinski definition) is 10. The van der Waals surface area contributed by atoms with Gasteiger partial charge in [-0.25, -0.2) is 0 Å². The number of phenolic OH excluding ortho intramolecular Hbond substituents is 1. The highest BCUT2D eigenvalue weighted by atomic mass is 16.3. The van der Waals surface area contributed by atoms with Crippen molar-refractivity contribution in [2.75, 3.05) is 19.8 Å². The number of carbonyl (C=O) groups excluding carboxylic acids is 5. The summed E-state index contributed by atoms with van der Waals surface area (Å²) in [6.45, 7) is 1.62. The number of aryl methyl sites for hydroxylation is 1. The molecule has 11 nitrogen and oxygen atoms in total. The zero-order valence-electron chi connectivity index (χ0n) is 18.2. The number of rotatable bonds is 2. The predicted octanol–water partition coefficient (Wildman–Crippen LogP) is -2.27. The van der Waals surface area contributed by atoms with Crippen LogP contribution in [0.3, 0.4) is 0 Å². The number of benzene rings is 1. The van der Waals surface area contributed by atoms with E-state index in [-0.39, 0.29) is 17.7 Å². The summed E-state index contributed by atoms with van der Waals surface area (Å²) in [4.78, 5) is 66.4. The van der Waals surface area contributed by atoms with Gasteiger partial charge in [0.25, 0.3) is 0 Å². The van der Waals surface area contributed by atoms with Crippen LogP contribution in [0.25, 0.3) is 0 Å². The molecule has 0 heterocycles. The number of nitrogens with two attached hydrogens (primary N) is 2. The van der Waals surface area contributed by atoms with E-state index in [1.165, 1.54) is 19.0 Å². The zero-order valence-corrected chi connectivity index (χ0v) is 18.2. The Bertz CT molecular complexity index is 1140. The third-order valence-electron chi connectivity index (χ3n) is 7.38. The molecule has 2 fully saturated rings. The average Bonchev–Trinajstić information content (AvgIpc) is 2.71. The Morgan fingerprint density at radius 1 is 1.18 bits per heavy atom. The van der Waals surface area contributed by atoms with Gasteiger partial charge in [0.1, 0.15) is 5.75 Å². The van der Waals surface area contributed by atoms with Crippen LogP contribution in [-0.4, -0.2) is 81.1 Å². The van der Waals surface area contributed by atoms with E-state index in [0.717, 1.165) is 0 Å². The Kier molecular flexibility index (Phi) is 5.00. The molecule has 2 unspecified atom stereocenters. The Labute approximate surface area is 188 Å². The summed E-state index contributed by atoms with van der Waals surface area (Å²) >= 11 is 0. The van der Waals surface area contributed by atoms with Crippen molar-refractivity contribution in [3.8, 4) is 5.75 Å². The number of Topliss-reactive ketones (excluding diaryl/α,β-unsaturated/α-hetero) is 4. The highest BCUT2D eigenvalue weighted by Gasteiger charge is 2.72. The monoisotopic (exact) mass is 459 g/mol. The Morgan fingerprint density at radius 3 is 2.33 bits per heavy atom. The van der Waals surface area contributed by atoms with Gasteiger partial charge in [0.2, 0.25) is 5.91 Å². The lowest BCUT2D eigenvalue weighted by Gasteiger charge is -2.54. The number of aliphatic hydroxyl groups excluding tert-OH is 1. The highest BCUT2D eigenvalue weighted by molar-refractivity contribution is 6.32. The van der Waals surface area contributed by atoms with E-state index in [1.807, 2.05) is 0 Å². The standard InChI is InChI=1S/C22H25N3O8/c1-6-4-7-5-8-10(16(27)9(7)17(28)13(6)23)19(30)22(33)12(15(8)26)14(25(2)3)18(29)11(20(22)31)21(24)32/h4,8,10-12,14-15,26,28,33H,5,23H2,1-3H3,(H2,24,32)/t8-,10?,11?,12-,14+,15+,22+/m1/s1. The third kappa shape index (κ3) is 2.76. The molecule has 0 spiro atoms. The van der Waals surface area contributed by atoms with Crippen LogP contribution in [0.2, 0.25) is 0 Å². The summed E-state index contributed by atoms with van der Waals surface area (Å²) < 4.78 is 0. The lowest BCUT2D eigenvalue weighted by molar-refractivity contribution is -0.195. The van der Waals surface area contributed by atoms with Gasteiger partial charge in [-0.05, 0) is 38.6 Å². The van der Waals surface area contributed by atoms with Crippen molar-refractivity contribution in [1.82, 2.24) is 4.90 Å². The Morgan fingerprint density at radius 2 is 1.79 bits per heavy atom. The minimum atomic E-state index is -3.00. The molecule has 11 heteroatoms. The van der Waals surface area contributed by atoms with Gasteiger partial charge in [-0.15, -0.1) is 0 Å². The van der Waals surface area contributed by atoms with Crippen LogP contribution in [0, 0.1) is 30.6 Å². The van der Waals surface area contributed by atoms with Gasteiger partial charge in [0.15, 0.2) is 34.7 Å². The minimum Gasteiger partial charge on any atom is -0.505 e. The molecule has 176 valence electrons. The number of aliphatic hydroxyl groups is 2. The number of nitrogens with zero attached hydrogens (tertiary/aromatic N) is 1. The normalized spacial score (nSPS) is 35.8. The first-order valence-electron chi connectivity index (χ1n) is 10.4. The van der Waals surface area contributed by atoms with Gasteiger partial charge in [-0.2, -0.15) is 0 Å². The predicted molar refractivity (Wildman–Crippen MR) is 112 cm³/mol. The van der Waals surface area contributed by atoms with Crippen LogP contribution in [0.15, 0.2) is 6.07 Å². The van der Waals surface area contributed by atoms with Gasteiger partial charge in [0, 0.05) is 5.92 Å². The molecule has 3 aliphatic rings. The smallest absolute Gasteiger partial charge is 0.235 e. The van der Waals surface area contributed by atoms with Crippen molar-refractivity contribution in [3.05, 3.63) is 22.8 Å². The van der Waals surface area contributed by atoms with E-state index < -0.39 is 76.2 Å². The fourth-order valence-electron chi connectivity index (χ4n) is 5.83. The molecule has 33 heavy (non-hydrogen) atoms. The van der Waals surface area contributed by atoms with Crippen molar-refractivity contribution < 1.29 is 39.3 Å². The topological polar surface area (TPSA) is 201 Å². The largest absolute Gasteiger partial charge is 0.505 e. The van der Waals surface area contributed by atoms with Gasteiger partial charge in [-0.1, -0.05) is 6.07 Å². The number of primary amides is 1. The van der Waals surface area contributed by atoms with Crippen LogP contribution in [-0.2, 0) is 25.6 Å². The van der Waals surface area contributed by atoms with E-state index in [4.69, 9.17) is 11.5 Å². The van der Waals surface area contributed by atoms with E-state index in [1.54, 1.807) is 13.0 Å². The van der Waals surface area contributed by atoms with Crippen LogP contribution < -0.4 is 11.5 Å². The second-order valence-electron chi connectivity index (χ2n) is 9.36. The molecular formula is C22H25N3O8. The summed E-state index contributed by atoms with van der Waals surface area (Å²) in [7, 11) is 2.87. The first-order valence-corrected chi connectivity index (χ1v) is 10.4. The zero-order chi connectivity index (χ0) is 24.7. The van der Waals surface area contributed by atoms with E-state index in [9.17, 15) is 39.3 Å². The highest BCUT2D eigenvalue weighted by Crippen LogP contribution is 2.51. The lowest BCUT2D eigenvalue weighted by Crippen LogP contribution is -2.77. The minimum absolute atomic E-state index is 0.0400. The maximum atomic E-state index is 13.6. The molecule has 0 saturated heterocycles. The maximum Gasteiger partial charge on any atom is 0.235 e. The first kappa shape index (κ1) is 23.0. The second kappa shape index (κ2) is 7.17. The van der Waals surface area contributed by atoms with Gasteiger partial charge < -0.3 is 26.8 Å². The van der Waals surface area contributed by atoms with E-state index in [0.29, 0.717) is 11.1 Å². The summed E-state index contributed by atoms with van der Waals surface area (Å²) in [5, 5.41) is 33.2. The van der Waals surface area contributed by atoms with Crippen molar-refractivity contribution >= 4 is 34.7 Å². The number of amides is 1. The third-order valence-corrected chi connectivity index (χ3v) is 7.38. The number of aromatic hydroxyl groups is 1. The van der Waals surface area contributed by atoms with Gasteiger partial charge >= 0.3 is 0 Å². The van der Waals surface area contributed by atoms with Crippen LogP contribution in [0.4, 0.5) is 5.69 Å². The molecule has 4 rings (SSSR count). The molecule has 1 aromatic carbocycles. The van der Waals surface area contributed by atoms with Crippen molar-refractivity contribution in [1.29, 1.82) is 0 Å². The molecular weight excluding hydrogens is 434 g/mol. The number of carbonyl (C=O) groups is 5. The molecule has 0 bridgehead atoms. The number of fused-ring (bicyclic) bond motifs is 3. The van der Waals surface area contributed by atoms with Gasteiger partial charge in [-0.3, -0.25) is 28.9 Å². The lowest BCUT2D eigenvalue weighted by atomic mass is 9.51. The second-order valence-corrected chi connectivity index (χ2v) is 9.36. The molecule has 1 amide bonds. The Hall–Kier alpha value is -3.15. The molecule has 7 N–H and O–H groups in total. The van der Waals surface area contributed by atoms with Crippen LogP contribution in [0.1, 0.15) is 21.5 Å².